The third-order valence-corrected chi connectivity index (χ3v) is 3.25. The fraction of sp³-hybridized carbons (Fsp3) is 0.167. The number of hydrogen-bond donors (Lipinski definition) is 1. The number of benzene rings is 2. The Kier molecular flexibility index (Phi) is 7.16. The molecule has 0 fully saturated rings. The summed E-state index contributed by atoms with van der Waals surface area (Å²) >= 11 is 0. The molecule has 0 radical (unpaired) electrons. The van der Waals surface area contributed by atoms with Gasteiger partial charge in [-0.1, -0.05) is 18.2 Å². The van der Waals surface area contributed by atoms with Gasteiger partial charge in [0.2, 0.25) is 5.91 Å². The van der Waals surface area contributed by atoms with Crippen LogP contribution in [0, 0.1) is 5.82 Å². The highest BCUT2D eigenvalue weighted by Crippen LogP contribution is 2.28. The molecular weight excluding hydrogens is 373 g/mol. The lowest BCUT2D eigenvalue weighted by atomic mass is 10.1. The molecule has 0 atom stereocenters. The van der Waals surface area contributed by atoms with E-state index in [1.54, 1.807) is 6.07 Å². The lowest BCUT2D eigenvalue weighted by Crippen LogP contribution is -2.20. The predicted molar refractivity (Wildman–Crippen MR) is 87.0 cm³/mol. The molecule has 0 spiro atoms. The van der Waals surface area contributed by atoms with Gasteiger partial charge < -0.3 is 14.8 Å². The average Bonchev–Trinajstić information content (AvgIpc) is 2.59. The van der Waals surface area contributed by atoms with E-state index in [1.165, 1.54) is 24.3 Å². The van der Waals surface area contributed by atoms with Crippen LogP contribution in [0.25, 0.3) is 6.08 Å². The standard InChI is InChI=1S/C18H14F5NO3/c19-14-4-2-1-3-12(14)10-24-16(25)8-6-11-5-7-13(26-17(20)21)9-15(11)27-18(22)23/h1-9,17-18H,10H2,(H,24,25). The van der Waals surface area contributed by atoms with Gasteiger partial charge in [0.1, 0.15) is 17.3 Å². The van der Waals surface area contributed by atoms with Crippen LogP contribution in [-0.2, 0) is 11.3 Å². The summed E-state index contributed by atoms with van der Waals surface area (Å²) in [4.78, 5) is 11.8. The number of nitrogens with one attached hydrogen (secondary N) is 1. The number of halogens is 5. The first-order valence-electron chi connectivity index (χ1n) is 7.58. The lowest BCUT2D eigenvalue weighted by molar-refractivity contribution is -0.116. The van der Waals surface area contributed by atoms with Crippen molar-refractivity contribution in [2.75, 3.05) is 0 Å². The van der Waals surface area contributed by atoms with Crippen LogP contribution < -0.4 is 14.8 Å². The quantitative estimate of drug-likeness (QED) is 0.541. The molecule has 0 aliphatic heterocycles. The lowest BCUT2D eigenvalue weighted by Gasteiger charge is -2.11. The fourth-order valence-electron chi connectivity index (χ4n) is 2.08. The van der Waals surface area contributed by atoms with E-state index in [4.69, 9.17) is 0 Å². The van der Waals surface area contributed by atoms with E-state index in [0.29, 0.717) is 0 Å². The Morgan fingerprint density at radius 3 is 2.41 bits per heavy atom. The number of hydrogen-bond acceptors (Lipinski definition) is 3. The zero-order valence-corrected chi connectivity index (χ0v) is 13.7. The molecule has 0 saturated heterocycles. The van der Waals surface area contributed by atoms with E-state index in [0.717, 1.165) is 24.3 Å². The summed E-state index contributed by atoms with van der Waals surface area (Å²) in [5.74, 6) is -1.92. The first kappa shape index (κ1) is 20.2. The molecule has 9 heteroatoms. The third kappa shape index (κ3) is 6.61. The molecule has 144 valence electrons. The molecule has 0 aromatic heterocycles. The molecule has 1 amide bonds. The summed E-state index contributed by atoms with van der Waals surface area (Å²) in [5.41, 5.74) is 0.312. The zero-order valence-electron chi connectivity index (χ0n) is 13.7. The highest BCUT2D eigenvalue weighted by Gasteiger charge is 2.12. The number of rotatable bonds is 8. The van der Waals surface area contributed by atoms with Crippen molar-refractivity contribution in [3.05, 3.63) is 65.5 Å². The number of carbonyl (C=O) groups is 1. The summed E-state index contributed by atoms with van der Waals surface area (Å²) in [7, 11) is 0. The van der Waals surface area contributed by atoms with Gasteiger partial charge in [-0.25, -0.2) is 4.39 Å². The van der Waals surface area contributed by atoms with Gasteiger partial charge >= 0.3 is 13.2 Å². The van der Waals surface area contributed by atoms with Gasteiger partial charge in [-0.3, -0.25) is 4.79 Å². The van der Waals surface area contributed by atoms with Gasteiger partial charge in [0.05, 0.1) is 0 Å². The summed E-state index contributed by atoms with van der Waals surface area (Å²) in [6.45, 7) is -6.40. The van der Waals surface area contributed by atoms with E-state index in [-0.39, 0.29) is 23.4 Å². The monoisotopic (exact) mass is 387 g/mol. The highest BCUT2D eigenvalue weighted by atomic mass is 19.3. The minimum Gasteiger partial charge on any atom is -0.435 e. The van der Waals surface area contributed by atoms with Crippen molar-refractivity contribution >= 4 is 12.0 Å². The molecule has 0 aliphatic carbocycles. The Balaban J connectivity index is 2.07. The third-order valence-electron chi connectivity index (χ3n) is 3.25. The van der Waals surface area contributed by atoms with Crippen LogP contribution in [0.5, 0.6) is 11.5 Å². The molecule has 4 nitrogen and oxygen atoms in total. The van der Waals surface area contributed by atoms with Crippen LogP contribution in [0.2, 0.25) is 0 Å². The van der Waals surface area contributed by atoms with Crippen LogP contribution in [-0.4, -0.2) is 19.1 Å². The average molecular weight is 387 g/mol. The maximum Gasteiger partial charge on any atom is 0.387 e. The Hall–Kier alpha value is -3.10. The van der Waals surface area contributed by atoms with Crippen molar-refractivity contribution in [2.45, 2.75) is 19.8 Å². The molecular formula is C18H14F5NO3. The van der Waals surface area contributed by atoms with Crippen LogP contribution in [0.4, 0.5) is 22.0 Å². The van der Waals surface area contributed by atoms with Gasteiger partial charge in [-0.2, -0.15) is 17.6 Å². The summed E-state index contributed by atoms with van der Waals surface area (Å²) in [5, 5.41) is 2.43. The van der Waals surface area contributed by atoms with Crippen LogP contribution >= 0.6 is 0 Å². The predicted octanol–water partition coefficient (Wildman–Crippen LogP) is 4.36. The SMILES string of the molecule is O=C(C=Cc1ccc(OC(F)F)cc1OC(F)F)NCc1ccccc1F. The van der Waals surface area contributed by atoms with Gasteiger partial charge in [-0.15, -0.1) is 0 Å². The van der Waals surface area contributed by atoms with Crippen LogP contribution in [0.3, 0.4) is 0 Å². The Morgan fingerprint density at radius 1 is 1.04 bits per heavy atom. The summed E-state index contributed by atoms with van der Waals surface area (Å²) in [6, 6.07) is 9.00. The molecule has 1 N–H and O–H groups in total. The number of alkyl halides is 4. The van der Waals surface area contributed by atoms with Gasteiger partial charge in [0.15, 0.2) is 0 Å². The number of ether oxygens (including phenoxy) is 2. The summed E-state index contributed by atoms with van der Waals surface area (Å²) < 4.78 is 71.3. The maximum absolute atomic E-state index is 13.5. The van der Waals surface area contributed by atoms with Crippen molar-refractivity contribution in [3.8, 4) is 11.5 Å². The fourth-order valence-corrected chi connectivity index (χ4v) is 2.08. The van der Waals surface area contributed by atoms with E-state index in [2.05, 4.69) is 14.8 Å². The van der Waals surface area contributed by atoms with E-state index in [1.807, 2.05) is 0 Å². The molecule has 2 rings (SSSR count). The van der Waals surface area contributed by atoms with E-state index >= 15 is 0 Å². The topological polar surface area (TPSA) is 47.6 Å². The van der Waals surface area contributed by atoms with Crippen LogP contribution in [0.1, 0.15) is 11.1 Å². The molecule has 27 heavy (non-hydrogen) atoms. The minimum atomic E-state index is -3.20. The summed E-state index contributed by atoms with van der Waals surface area (Å²) in [6.07, 6.45) is 2.17. The maximum atomic E-state index is 13.5. The Labute approximate surface area is 151 Å². The Bertz CT molecular complexity index is 811. The molecule has 2 aromatic rings. The second-order valence-electron chi connectivity index (χ2n) is 5.10. The smallest absolute Gasteiger partial charge is 0.387 e. The van der Waals surface area contributed by atoms with Gasteiger partial charge in [0, 0.05) is 29.8 Å². The molecule has 2 aromatic carbocycles. The molecule has 0 saturated carbocycles. The van der Waals surface area contributed by atoms with E-state index < -0.39 is 30.7 Å². The second kappa shape index (κ2) is 9.56. The minimum absolute atomic E-state index is 0.0398. The first-order valence-corrected chi connectivity index (χ1v) is 7.58. The van der Waals surface area contributed by atoms with Gasteiger partial charge in [0.25, 0.3) is 0 Å². The molecule has 0 bridgehead atoms. The van der Waals surface area contributed by atoms with Crippen molar-refractivity contribution in [1.29, 1.82) is 0 Å². The largest absolute Gasteiger partial charge is 0.435 e. The highest BCUT2D eigenvalue weighted by molar-refractivity contribution is 5.92. The van der Waals surface area contributed by atoms with Crippen LogP contribution in [0.15, 0.2) is 48.5 Å². The van der Waals surface area contributed by atoms with Gasteiger partial charge in [-0.05, 0) is 24.3 Å². The van der Waals surface area contributed by atoms with Crippen molar-refractivity contribution in [1.82, 2.24) is 5.32 Å². The molecule has 0 heterocycles. The van der Waals surface area contributed by atoms with Crippen molar-refractivity contribution < 1.29 is 36.2 Å². The first-order chi connectivity index (χ1) is 12.8. The normalized spacial score (nSPS) is 11.2. The van der Waals surface area contributed by atoms with Crippen molar-refractivity contribution in [2.24, 2.45) is 0 Å². The van der Waals surface area contributed by atoms with Crippen molar-refractivity contribution in [3.63, 3.8) is 0 Å². The number of carbonyl (C=O) groups excluding carboxylic acids is 1. The second-order valence-corrected chi connectivity index (χ2v) is 5.10. The zero-order chi connectivity index (χ0) is 19.8. The molecule has 0 unspecified atom stereocenters. The molecule has 0 aliphatic rings. The van der Waals surface area contributed by atoms with E-state index in [9.17, 15) is 26.7 Å². The number of amides is 1. The Morgan fingerprint density at radius 2 is 1.74 bits per heavy atom.